The molecule has 3 nitrogen and oxygen atoms in total. The smallest absolute Gasteiger partial charge is 0.212 e. The van der Waals surface area contributed by atoms with Gasteiger partial charge in [-0.15, -0.1) is 0 Å². The lowest BCUT2D eigenvalue weighted by Gasteiger charge is -2.08. The fraction of sp³-hybridized carbons (Fsp3) is 0.300. The molecule has 2 aromatic heterocycles. The lowest BCUT2D eigenvalue weighted by molar-refractivity contribution is -0.660. The number of allylic oxidation sites excluding steroid dienone is 1. The number of aromatic nitrogens is 3. The van der Waals surface area contributed by atoms with Crippen LogP contribution < -0.4 is 4.57 Å². The SMILES string of the molecule is [2H]C([2H])([2H])c1c[n+](C)c(-c2cc3c(cc2C)nc2n3C=C(C)C2)cc1C. The summed E-state index contributed by atoms with van der Waals surface area (Å²) in [5.74, 6) is 1.08. The fourth-order valence-electron chi connectivity index (χ4n) is 3.37. The zero-order chi connectivity index (χ0) is 18.8. The van der Waals surface area contributed by atoms with Crippen LogP contribution >= 0.6 is 0 Å². The molecule has 1 aromatic carbocycles. The highest BCUT2D eigenvalue weighted by molar-refractivity contribution is 5.86. The van der Waals surface area contributed by atoms with Crippen molar-refractivity contribution in [1.29, 1.82) is 0 Å². The number of rotatable bonds is 1. The van der Waals surface area contributed by atoms with Gasteiger partial charge in [0.05, 0.1) is 16.6 Å². The van der Waals surface area contributed by atoms with Gasteiger partial charge in [0.25, 0.3) is 0 Å². The van der Waals surface area contributed by atoms with E-state index < -0.39 is 6.85 Å². The topological polar surface area (TPSA) is 21.7 Å². The van der Waals surface area contributed by atoms with Gasteiger partial charge in [-0.3, -0.25) is 0 Å². The van der Waals surface area contributed by atoms with Crippen LogP contribution in [-0.4, -0.2) is 9.55 Å². The predicted molar refractivity (Wildman–Crippen MR) is 94.2 cm³/mol. The van der Waals surface area contributed by atoms with Crippen LogP contribution in [0.25, 0.3) is 28.5 Å². The van der Waals surface area contributed by atoms with Crippen LogP contribution in [0.1, 0.15) is 33.6 Å². The monoisotopic (exact) mass is 307 g/mol. The first kappa shape index (κ1) is 11.2. The molecule has 1 aliphatic heterocycles. The summed E-state index contributed by atoms with van der Waals surface area (Å²) < 4.78 is 27.2. The van der Waals surface area contributed by atoms with E-state index in [-0.39, 0.29) is 0 Å². The molecule has 3 aromatic rings. The van der Waals surface area contributed by atoms with E-state index in [1.165, 1.54) is 5.57 Å². The molecule has 0 radical (unpaired) electrons. The highest BCUT2D eigenvalue weighted by Gasteiger charge is 2.20. The van der Waals surface area contributed by atoms with E-state index in [2.05, 4.69) is 36.7 Å². The van der Waals surface area contributed by atoms with Crippen molar-refractivity contribution in [2.24, 2.45) is 7.05 Å². The molecule has 4 rings (SSSR count). The Bertz CT molecular complexity index is 1090. The molecule has 0 spiro atoms. The van der Waals surface area contributed by atoms with Gasteiger partial charge in [0.2, 0.25) is 5.69 Å². The van der Waals surface area contributed by atoms with Gasteiger partial charge in [0.1, 0.15) is 12.9 Å². The van der Waals surface area contributed by atoms with Crippen LogP contribution in [0.5, 0.6) is 0 Å². The quantitative estimate of drug-likeness (QED) is 0.625. The maximum absolute atomic E-state index is 7.72. The van der Waals surface area contributed by atoms with Crippen molar-refractivity contribution in [3.05, 3.63) is 52.5 Å². The van der Waals surface area contributed by atoms with E-state index in [0.717, 1.165) is 45.7 Å². The second-order valence-corrected chi connectivity index (χ2v) is 6.57. The van der Waals surface area contributed by atoms with Crippen molar-refractivity contribution >= 4 is 17.2 Å². The highest BCUT2D eigenvalue weighted by atomic mass is 15.1. The van der Waals surface area contributed by atoms with E-state index in [4.69, 9.17) is 9.10 Å². The van der Waals surface area contributed by atoms with Crippen LogP contribution in [0.3, 0.4) is 0 Å². The average Bonchev–Trinajstić information content (AvgIpc) is 3.03. The van der Waals surface area contributed by atoms with Crippen molar-refractivity contribution < 1.29 is 8.68 Å². The second-order valence-electron chi connectivity index (χ2n) is 6.57. The largest absolute Gasteiger partial charge is 0.303 e. The van der Waals surface area contributed by atoms with Crippen molar-refractivity contribution in [1.82, 2.24) is 9.55 Å². The molecule has 0 N–H and O–H groups in total. The van der Waals surface area contributed by atoms with Crippen LogP contribution in [0.2, 0.25) is 0 Å². The summed E-state index contributed by atoms with van der Waals surface area (Å²) >= 11 is 0. The van der Waals surface area contributed by atoms with E-state index in [9.17, 15) is 0 Å². The molecular weight excluding hydrogens is 282 g/mol. The normalized spacial score (nSPS) is 16.0. The van der Waals surface area contributed by atoms with E-state index in [1.54, 1.807) is 6.20 Å². The van der Waals surface area contributed by atoms with Gasteiger partial charge in [-0.05, 0) is 56.5 Å². The Labute approximate surface area is 141 Å². The molecule has 0 aliphatic carbocycles. The molecule has 0 atom stereocenters. The number of nitrogens with zero attached hydrogens (tertiary/aromatic N) is 3. The molecule has 23 heavy (non-hydrogen) atoms. The lowest BCUT2D eigenvalue weighted by Crippen LogP contribution is -2.31. The van der Waals surface area contributed by atoms with E-state index >= 15 is 0 Å². The first-order valence-electron chi connectivity index (χ1n) is 9.35. The number of hydrogen-bond acceptors (Lipinski definition) is 1. The van der Waals surface area contributed by atoms with E-state index in [0.29, 0.717) is 5.56 Å². The third-order valence-electron chi connectivity index (χ3n) is 4.65. The third-order valence-corrected chi connectivity index (χ3v) is 4.65. The van der Waals surface area contributed by atoms with Gasteiger partial charge < -0.3 is 4.57 Å². The molecule has 3 heterocycles. The second kappa shape index (κ2) is 4.79. The van der Waals surface area contributed by atoms with Gasteiger partial charge in [0.15, 0.2) is 6.20 Å². The predicted octanol–water partition coefficient (Wildman–Crippen LogP) is 3.87. The van der Waals surface area contributed by atoms with Crippen LogP contribution in [0, 0.1) is 20.7 Å². The van der Waals surface area contributed by atoms with Gasteiger partial charge in [-0.1, -0.05) is 0 Å². The Hall–Kier alpha value is -2.42. The number of benzene rings is 1. The van der Waals surface area contributed by atoms with Crippen LogP contribution in [0.15, 0.2) is 30.0 Å². The van der Waals surface area contributed by atoms with Gasteiger partial charge in [0, 0.05) is 28.4 Å². The summed E-state index contributed by atoms with van der Waals surface area (Å²) in [6.07, 6.45) is 4.77. The molecule has 0 unspecified atom stereocenters. The first-order chi connectivity index (χ1) is 12.1. The number of pyridine rings is 1. The average molecular weight is 307 g/mol. The lowest BCUT2D eigenvalue weighted by atomic mass is 10.0. The summed E-state index contributed by atoms with van der Waals surface area (Å²) in [7, 11) is 1.90. The number of aryl methyl sites for hydroxylation is 4. The fourth-order valence-corrected chi connectivity index (χ4v) is 3.37. The maximum atomic E-state index is 7.72. The molecule has 0 amide bonds. The highest BCUT2D eigenvalue weighted by Crippen LogP contribution is 2.30. The summed E-state index contributed by atoms with van der Waals surface area (Å²) in [5, 5.41) is 0. The Balaban J connectivity index is 1.94. The minimum atomic E-state index is -2.10. The minimum absolute atomic E-state index is 0.395. The van der Waals surface area contributed by atoms with Gasteiger partial charge in [-0.25, -0.2) is 9.55 Å². The molecule has 0 saturated carbocycles. The molecule has 0 saturated heterocycles. The van der Waals surface area contributed by atoms with Crippen molar-refractivity contribution in [2.45, 2.75) is 34.0 Å². The molecule has 116 valence electrons. The summed E-state index contributed by atoms with van der Waals surface area (Å²) in [5.41, 5.74) is 7.81. The van der Waals surface area contributed by atoms with Gasteiger partial charge in [-0.2, -0.15) is 0 Å². The third kappa shape index (κ3) is 2.11. The zero-order valence-corrected chi connectivity index (χ0v) is 13.9. The molecule has 0 fully saturated rings. The Morgan fingerprint density at radius 3 is 2.74 bits per heavy atom. The van der Waals surface area contributed by atoms with Crippen molar-refractivity contribution in [2.75, 3.05) is 0 Å². The Kier molecular flexibility index (Phi) is 2.32. The molecule has 0 bridgehead atoms. The van der Waals surface area contributed by atoms with Crippen molar-refractivity contribution in [3.63, 3.8) is 0 Å². The first-order valence-corrected chi connectivity index (χ1v) is 7.85. The molecular formula is C20H22N3+. The van der Waals surface area contributed by atoms with E-state index in [1.807, 2.05) is 24.6 Å². The summed E-state index contributed by atoms with van der Waals surface area (Å²) in [6, 6.07) is 6.25. The van der Waals surface area contributed by atoms with Crippen molar-refractivity contribution in [3.8, 4) is 11.3 Å². The number of imidazole rings is 1. The van der Waals surface area contributed by atoms with Gasteiger partial charge >= 0.3 is 0 Å². The summed E-state index contributed by atoms with van der Waals surface area (Å²) in [4.78, 5) is 4.76. The summed E-state index contributed by atoms with van der Waals surface area (Å²) in [6.45, 7) is 3.95. The Morgan fingerprint density at radius 1 is 1.13 bits per heavy atom. The zero-order valence-electron chi connectivity index (χ0n) is 16.9. The molecule has 3 heteroatoms. The standard InChI is InChI=1S/C20H22N3/c1-12-6-20-21-17-7-14(3)16(9-19(17)23(20)10-12)18-8-13(2)15(4)11-22(18)5/h7-11H,6H2,1-5H3/q+1/i4D3. The number of hydrogen-bond donors (Lipinski definition) is 0. The Morgan fingerprint density at radius 2 is 1.96 bits per heavy atom. The maximum Gasteiger partial charge on any atom is 0.212 e. The number of fused-ring (bicyclic) bond motifs is 3. The molecule has 1 aliphatic rings. The van der Waals surface area contributed by atoms with Crippen LogP contribution in [-0.2, 0) is 13.5 Å². The van der Waals surface area contributed by atoms with Crippen LogP contribution in [0.4, 0.5) is 0 Å². The minimum Gasteiger partial charge on any atom is -0.303 e.